The van der Waals surface area contributed by atoms with E-state index in [1.807, 2.05) is 0 Å². The molecule has 0 radical (unpaired) electrons. The van der Waals surface area contributed by atoms with Crippen LogP contribution in [0.3, 0.4) is 0 Å². The van der Waals surface area contributed by atoms with Crippen molar-refractivity contribution in [3.05, 3.63) is 65.0 Å². The second-order valence-electron chi connectivity index (χ2n) is 5.75. The van der Waals surface area contributed by atoms with Crippen LogP contribution in [0.1, 0.15) is 21.5 Å². The minimum atomic E-state index is -0.418. The van der Waals surface area contributed by atoms with Crippen LogP contribution in [0, 0.1) is 12.7 Å². The van der Waals surface area contributed by atoms with Crippen molar-refractivity contribution in [2.75, 3.05) is 11.9 Å². The molecule has 2 aromatic carbocycles. The zero-order valence-electron chi connectivity index (χ0n) is 13.5. The molecule has 0 spiro atoms. The van der Waals surface area contributed by atoms with Gasteiger partial charge >= 0.3 is 6.03 Å². The molecule has 0 unspecified atom stereocenters. The number of aryl methyl sites for hydroxylation is 1. The smallest absolute Gasteiger partial charge is 0.324 e. The highest BCUT2D eigenvalue weighted by atomic mass is 19.1. The first kappa shape index (κ1) is 16.6. The van der Waals surface area contributed by atoms with E-state index in [4.69, 9.17) is 0 Å². The fraction of sp³-hybridized carbons (Fsp3) is 0.167. The van der Waals surface area contributed by atoms with Crippen molar-refractivity contribution in [1.82, 2.24) is 10.2 Å². The molecule has 2 N–H and O–H groups in total. The molecule has 1 aliphatic rings. The summed E-state index contributed by atoms with van der Waals surface area (Å²) in [5, 5.41) is 5.18. The SMILES string of the molecule is Cc1cc(F)ccc1NC(=O)c1ccc(CN2C(=O)CNC2=O)cc1. The highest BCUT2D eigenvalue weighted by molar-refractivity contribution is 6.04. The largest absolute Gasteiger partial charge is 0.329 e. The number of anilines is 1. The van der Waals surface area contributed by atoms with Crippen molar-refractivity contribution in [3.63, 3.8) is 0 Å². The molecule has 128 valence electrons. The van der Waals surface area contributed by atoms with Gasteiger partial charge in [0.2, 0.25) is 5.91 Å². The third kappa shape index (κ3) is 3.65. The molecule has 1 heterocycles. The topological polar surface area (TPSA) is 78.5 Å². The minimum Gasteiger partial charge on any atom is -0.329 e. The van der Waals surface area contributed by atoms with Gasteiger partial charge in [-0.1, -0.05) is 12.1 Å². The van der Waals surface area contributed by atoms with E-state index in [-0.39, 0.29) is 30.7 Å². The molecule has 6 nitrogen and oxygen atoms in total. The van der Waals surface area contributed by atoms with E-state index >= 15 is 0 Å². The predicted octanol–water partition coefficient (Wildman–Crippen LogP) is 2.44. The minimum absolute atomic E-state index is 0.0103. The molecule has 1 fully saturated rings. The van der Waals surface area contributed by atoms with E-state index in [0.29, 0.717) is 16.8 Å². The highest BCUT2D eigenvalue weighted by Gasteiger charge is 2.28. The number of carbonyl (C=O) groups excluding carboxylic acids is 3. The third-order valence-corrected chi connectivity index (χ3v) is 3.93. The Kier molecular flexibility index (Phi) is 4.47. The fourth-order valence-corrected chi connectivity index (χ4v) is 2.52. The lowest BCUT2D eigenvalue weighted by molar-refractivity contribution is -0.125. The van der Waals surface area contributed by atoms with E-state index in [1.54, 1.807) is 31.2 Å². The molecule has 1 saturated heterocycles. The van der Waals surface area contributed by atoms with Crippen molar-refractivity contribution in [2.24, 2.45) is 0 Å². The average Bonchev–Trinajstić information content (AvgIpc) is 2.90. The van der Waals surface area contributed by atoms with Crippen LogP contribution in [-0.4, -0.2) is 29.3 Å². The Morgan fingerprint density at radius 3 is 2.52 bits per heavy atom. The number of hydrogen-bond donors (Lipinski definition) is 2. The molecule has 0 saturated carbocycles. The molecule has 0 atom stereocenters. The van der Waals surface area contributed by atoms with Crippen LogP contribution < -0.4 is 10.6 Å². The van der Waals surface area contributed by atoms with Gasteiger partial charge in [0.05, 0.1) is 13.1 Å². The number of carbonyl (C=O) groups is 3. The van der Waals surface area contributed by atoms with Crippen LogP contribution in [0.5, 0.6) is 0 Å². The number of halogens is 1. The predicted molar refractivity (Wildman–Crippen MR) is 89.5 cm³/mol. The van der Waals surface area contributed by atoms with Gasteiger partial charge in [-0.15, -0.1) is 0 Å². The summed E-state index contributed by atoms with van der Waals surface area (Å²) >= 11 is 0. The summed E-state index contributed by atoms with van der Waals surface area (Å²) in [6, 6.07) is 10.3. The number of nitrogens with zero attached hydrogens (tertiary/aromatic N) is 1. The fourth-order valence-electron chi connectivity index (χ4n) is 2.52. The van der Waals surface area contributed by atoms with Gasteiger partial charge in [0.1, 0.15) is 5.82 Å². The Morgan fingerprint density at radius 2 is 1.92 bits per heavy atom. The summed E-state index contributed by atoms with van der Waals surface area (Å²) in [6.45, 7) is 1.87. The van der Waals surface area contributed by atoms with Crippen molar-refractivity contribution < 1.29 is 18.8 Å². The van der Waals surface area contributed by atoms with Gasteiger partial charge in [-0.2, -0.15) is 0 Å². The third-order valence-electron chi connectivity index (χ3n) is 3.93. The van der Waals surface area contributed by atoms with Gasteiger partial charge < -0.3 is 10.6 Å². The lowest BCUT2D eigenvalue weighted by atomic mass is 10.1. The number of nitrogens with one attached hydrogen (secondary N) is 2. The highest BCUT2D eigenvalue weighted by Crippen LogP contribution is 2.17. The van der Waals surface area contributed by atoms with E-state index in [1.165, 1.54) is 18.2 Å². The van der Waals surface area contributed by atoms with Gasteiger partial charge in [-0.05, 0) is 48.4 Å². The number of hydrogen-bond acceptors (Lipinski definition) is 3. The van der Waals surface area contributed by atoms with Crippen molar-refractivity contribution in [2.45, 2.75) is 13.5 Å². The van der Waals surface area contributed by atoms with Gasteiger partial charge in [0.25, 0.3) is 5.91 Å². The maximum absolute atomic E-state index is 13.1. The van der Waals surface area contributed by atoms with Crippen molar-refractivity contribution in [1.29, 1.82) is 0 Å². The molecule has 0 bridgehead atoms. The van der Waals surface area contributed by atoms with Gasteiger partial charge in [-0.25, -0.2) is 9.18 Å². The summed E-state index contributed by atoms with van der Waals surface area (Å²) in [5.41, 5.74) is 2.32. The molecule has 2 aromatic rings. The summed E-state index contributed by atoms with van der Waals surface area (Å²) in [4.78, 5) is 36.5. The Labute approximate surface area is 143 Å². The number of benzene rings is 2. The number of urea groups is 1. The van der Waals surface area contributed by atoms with E-state index in [0.717, 1.165) is 10.5 Å². The Balaban J connectivity index is 1.68. The standard InChI is InChI=1S/C18H16FN3O3/c1-11-8-14(19)6-7-15(11)21-17(24)13-4-2-12(3-5-13)10-22-16(23)9-20-18(22)25/h2-8H,9-10H2,1H3,(H,20,25)(H,21,24). The zero-order valence-corrected chi connectivity index (χ0v) is 13.5. The monoisotopic (exact) mass is 341 g/mol. The Bertz CT molecular complexity index is 833. The first-order valence-electron chi connectivity index (χ1n) is 7.68. The lowest BCUT2D eigenvalue weighted by Crippen LogP contribution is -2.30. The quantitative estimate of drug-likeness (QED) is 0.839. The molecular formula is C18H16FN3O3. The van der Waals surface area contributed by atoms with Crippen LogP contribution in [0.15, 0.2) is 42.5 Å². The molecule has 7 heteroatoms. The number of rotatable bonds is 4. The Hall–Kier alpha value is -3.22. The maximum Gasteiger partial charge on any atom is 0.324 e. The zero-order chi connectivity index (χ0) is 18.0. The van der Waals surface area contributed by atoms with E-state index < -0.39 is 6.03 Å². The average molecular weight is 341 g/mol. The van der Waals surface area contributed by atoms with E-state index in [9.17, 15) is 18.8 Å². The van der Waals surface area contributed by atoms with Crippen molar-refractivity contribution >= 4 is 23.5 Å². The molecule has 3 rings (SSSR count). The molecule has 25 heavy (non-hydrogen) atoms. The molecule has 1 aliphatic heterocycles. The van der Waals surface area contributed by atoms with Crippen LogP contribution in [-0.2, 0) is 11.3 Å². The first-order valence-corrected chi connectivity index (χ1v) is 7.68. The summed E-state index contributed by atoms with van der Waals surface area (Å²) in [7, 11) is 0. The number of amides is 4. The second-order valence-corrected chi connectivity index (χ2v) is 5.75. The van der Waals surface area contributed by atoms with Crippen LogP contribution in [0.4, 0.5) is 14.9 Å². The maximum atomic E-state index is 13.1. The van der Waals surface area contributed by atoms with Crippen LogP contribution in [0.2, 0.25) is 0 Å². The van der Waals surface area contributed by atoms with Gasteiger partial charge in [-0.3, -0.25) is 14.5 Å². The molecule has 0 aliphatic carbocycles. The normalized spacial score (nSPS) is 13.8. The summed E-state index contributed by atoms with van der Waals surface area (Å²) < 4.78 is 13.1. The van der Waals surface area contributed by atoms with Gasteiger partial charge in [0, 0.05) is 11.3 Å². The molecular weight excluding hydrogens is 325 g/mol. The van der Waals surface area contributed by atoms with E-state index in [2.05, 4.69) is 10.6 Å². The summed E-state index contributed by atoms with van der Waals surface area (Å²) in [6.07, 6.45) is 0. The first-order chi connectivity index (χ1) is 11.9. The van der Waals surface area contributed by atoms with Crippen LogP contribution in [0.25, 0.3) is 0 Å². The molecule has 4 amide bonds. The number of imide groups is 1. The Morgan fingerprint density at radius 1 is 1.20 bits per heavy atom. The summed E-state index contributed by atoms with van der Waals surface area (Å²) in [5.74, 6) is -0.963. The lowest BCUT2D eigenvalue weighted by Gasteiger charge is -2.13. The van der Waals surface area contributed by atoms with Crippen molar-refractivity contribution in [3.8, 4) is 0 Å². The molecule has 0 aromatic heterocycles. The van der Waals surface area contributed by atoms with Crippen LogP contribution >= 0.6 is 0 Å². The van der Waals surface area contributed by atoms with Gasteiger partial charge in [0.15, 0.2) is 0 Å². The second kappa shape index (κ2) is 6.72.